The first kappa shape index (κ1) is 20.4. The van der Waals surface area contributed by atoms with Crippen LogP contribution in [0, 0.1) is 17.8 Å². The van der Waals surface area contributed by atoms with Gasteiger partial charge in [0.15, 0.2) is 0 Å². The maximum Gasteiger partial charge on any atom is 0.311 e. The van der Waals surface area contributed by atoms with Gasteiger partial charge in [-0.25, -0.2) is 0 Å². The van der Waals surface area contributed by atoms with Crippen molar-refractivity contribution in [3.63, 3.8) is 0 Å². The van der Waals surface area contributed by atoms with Crippen LogP contribution in [0.25, 0.3) is 0 Å². The molecule has 144 valence electrons. The number of amides is 1. The minimum atomic E-state index is -0.354. The highest BCUT2D eigenvalue weighted by atomic mass is 16.5. The lowest BCUT2D eigenvalue weighted by atomic mass is 9.85. The van der Waals surface area contributed by atoms with Crippen molar-refractivity contribution < 1.29 is 14.3 Å². The molecule has 5 nitrogen and oxygen atoms in total. The Labute approximate surface area is 156 Å². The summed E-state index contributed by atoms with van der Waals surface area (Å²) in [6, 6.07) is 9.84. The molecule has 5 heteroatoms. The molecule has 0 radical (unpaired) electrons. The number of hydrogen-bond donors (Lipinski definition) is 2. The largest absolute Gasteiger partial charge is 0.466 e. The smallest absolute Gasteiger partial charge is 0.311 e. The number of hydrogen-bond acceptors (Lipinski definition) is 4. The molecule has 1 heterocycles. The first-order chi connectivity index (χ1) is 12.6. The normalized spacial score (nSPS) is 19.4. The van der Waals surface area contributed by atoms with Crippen molar-refractivity contribution >= 4 is 11.9 Å². The van der Waals surface area contributed by atoms with E-state index in [-0.39, 0.29) is 17.8 Å². The number of ether oxygens (including phenoxy) is 1. The molecule has 1 aliphatic rings. The van der Waals surface area contributed by atoms with Crippen LogP contribution in [0.1, 0.15) is 38.7 Å². The third kappa shape index (κ3) is 6.79. The van der Waals surface area contributed by atoms with Gasteiger partial charge in [0.25, 0.3) is 0 Å². The van der Waals surface area contributed by atoms with Crippen LogP contribution in [0.15, 0.2) is 30.3 Å². The number of benzene rings is 1. The Balaban J connectivity index is 1.84. The van der Waals surface area contributed by atoms with Crippen molar-refractivity contribution in [2.75, 3.05) is 26.2 Å². The van der Waals surface area contributed by atoms with Gasteiger partial charge in [0.1, 0.15) is 0 Å². The van der Waals surface area contributed by atoms with Crippen LogP contribution in [0.3, 0.4) is 0 Å². The molecular formula is C21H32N2O3. The van der Waals surface area contributed by atoms with Gasteiger partial charge >= 0.3 is 5.97 Å². The van der Waals surface area contributed by atoms with E-state index in [1.807, 2.05) is 30.3 Å². The molecule has 1 amide bonds. The highest BCUT2D eigenvalue weighted by molar-refractivity contribution is 5.78. The highest BCUT2D eigenvalue weighted by Gasteiger charge is 2.24. The zero-order valence-electron chi connectivity index (χ0n) is 16.0. The summed E-state index contributed by atoms with van der Waals surface area (Å²) >= 11 is 0. The summed E-state index contributed by atoms with van der Waals surface area (Å²) in [5.74, 6) is 0.317. The van der Waals surface area contributed by atoms with E-state index in [1.54, 1.807) is 6.92 Å². The Hall–Kier alpha value is -1.88. The molecule has 2 rings (SSSR count). The van der Waals surface area contributed by atoms with E-state index in [4.69, 9.17) is 4.74 Å². The lowest BCUT2D eigenvalue weighted by Crippen LogP contribution is -2.38. The second-order valence-electron chi connectivity index (χ2n) is 7.23. The fourth-order valence-electron chi connectivity index (χ4n) is 3.53. The lowest BCUT2D eigenvalue weighted by Gasteiger charge is -2.28. The summed E-state index contributed by atoms with van der Waals surface area (Å²) in [5, 5.41) is 6.35. The van der Waals surface area contributed by atoms with Gasteiger partial charge in [0.2, 0.25) is 5.91 Å². The van der Waals surface area contributed by atoms with E-state index in [0.29, 0.717) is 37.8 Å². The van der Waals surface area contributed by atoms with Crippen LogP contribution in [-0.2, 0) is 20.7 Å². The van der Waals surface area contributed by atoms with Crippen molar-refractivity contribution in [3.8, 4) is 0 Å². The summed E-state index contributed by atoms with van der Waals surface area (Å²) in [5.41, 5.74) is 1.07. The molecule has 1 fully saturated rings. The number of carbonyl (C=O) groups is 2. The van der Waals surface area contributed by atoms with E-state index in [2.05, 4.69) is 17.6 Å². The number of nitrogens with one attached hydrogen (secondary N) is 2. The number of esters is 1. The first-order valence-electron chi connectivity index (χ1n) is 9.78. The molecule has 3 unspecified atom stereocenters. The Morgan fingerprint density at radius 2 is 2.08 bits per heavy atom. The zero-order chi connectivity index (χ0) is 18.8. The molecule has 26 heavy (non-hydrogen) atoms. The summed E-state index contributed by atoms with van der Waals surface area (Å²) in [4.78, 5) is 24.6. The first-order valence-corrected chi connectivity index (χ1v) is 9.78. The molecule has 0 spiro atoms. The van der Waals surface area contributed by atoms with Gasteiger partial charge in [-0.05, 0) is 56.7 Å². The second kappa shape index (κ2) is 11.0. The predicted octanol–water partition coefficient (Wildman–Crippen LogP) is 2.55. The Morgan fingerprint density at radius 1 is 1.31 bits per heavy atom. The zero-order valence-corrected chi connectivity index (χ0v) is 16.0. The van der Waals surface area contributed by atoms with Crippen molar-refractivity contribution in [1.29, 1.82) is 0 Å². The quantitative estimate of drug-likeness (QED) is 0.664. The number of piperidine rings is 1. The highest BCUT2D eigenvalue weighted by Crippen LogP contribution is 2.22. The van der Waals surface area contributed by atoms with Gasteiger partial charge in [-0.2, -0.15) is 0 Å². The molecule has 1 aromatic carbocycles. The molecule has 3 atom stereocenters. The van der Waals surface area contributed by atoms with E-state index in [1.165, 1.54) is 12.8 Å². The molecule has 0 saturated carbocycles. The van der Waals surface area contributed by atoms with E-state index in [9.17, 15) is 9.59 Å². The van der Waals surface area contributed by atoms with Crippen molar-refractivity contribution in [3.05, 3.63) is 35.9 Å². The van der Waals surface area contributed by atoms with Gasteiger partial charge in [0.05, 0.1) is 12.5 Å². The summed E-state index contributed by atoms with van der Waals surface area (Å²) in [6.45, 7) is 6.69. The maximum absolute atomic E-state index is 12.3. The van der Waals surface area contributed by atoms with E-state index < -0.39 is 0 Å². The van der Waals surface area contributed by atoms with Gasteiger partial charge in [-0.3, -0.25) is 9.59 Å². The average molecular weight is 360 g/mol. The minimum absolute atomic E-state index is 0.0189. The van der Waals surface area contributed by atoms with Crippen molar-refractivity contribution in [2.24, 2.45) is 17.8 Å². The SMILES string of the molecule is CCOC(=O)C(CNC(=O)CC(C)C1CCCNC1)Cc1ccccc1. The fraction of sp³-hybridized carbons (Fsp3) is 0.619. The fourth-order valence-corrected chi connectivity index (χ4v) is 3.53. The summed E-state index contributed by atoms with van der Waals surface area (Å²) in [7, 11) is 0. The van der Waals surface area contributed by atoms with Gasteiger partial charge in [0, 0.05) is 13.0 Å². The van der Waals surface area contributed by atoms with Crippen LogP contribution in [0.2, 0.25) is 0 Å². The van der Waals surface area contributed by atoms with Crippen LogP contribution >= 0.6 is 0 Å². The molecule has 0 aromatic heterocycles. The number of carbonyl (C=O) groups excluding carboxylic acids is 2. The van der Waals surface area contributed by atoms with Crippen LogP contribution in [0.4, 0.5) is 0 Å². The molecule has 0 aliphatic carbocycles. The van der Waals surface area contributed by atoms with Gasteiger partial charge < -0.3 is 15.4 Å². The maximum atomic E-state index is 12.3. The minimum Gasteiger partial charge on any atom is -0.466 e. The Kier molecular flexibility index (Phi) is 8.62. The third-order valence-electron chi connectivity index (χ3n) is 5.14. The van der Waals surface area contributed by atoms with Crippen molar-refractivity contribution in [2.45, 2.75) is 39.5 Å². The van der Waals surface area contributed by atoms with Gasteiger partial charge in [-0.1, -0.05) is 37.3 Å². The van der Waals surface area contributed by atoms with Crippen LogP contribution in [-0.4, -0.2) is 38.1 Å². The predicted molar refractivity (Wildman–Crippen MR) is 103 cm³/mol. The van der Waals surface area contributed by atoms with E-state index >= 15 is 0 Å². The second-order valence-corrected chi connectivity index (χ2v) is 7.23. The summed E-state index contributed by atoms with van der Waals surface area (Å²) in [6.07, 6.45) is 3.44. The molecule has 1 saturated heterocycles. The molecule has 1 aromatic rings. The number of rotatable bonds is 9. The molecular weight excluding hydrogens is 328 g/mol. The Bertz CT molecular complexity index is 556. The van der Waals surface area contributed by atoms with Crippen LogP contribution < -0.4 is 10.6 Å². The summed E-state index contributed by atoms with van der Waals surface area (Å²) < 4.78 is 5.19. The monoisotopic (exact) mass is 360 g/mol. The standard InChI is InChI=1S/C21H32N2O3/c1-3-26-21(25)19(13-17-8-5-4-6-9-17)15-23-20(24)12-16(2)18-10-7-11-22-14-18/h4-6,8-9,16,18-19,22H,3,7,10-15H2,1-2H3,(H,23,24). The van der Waals surface area contributed by atoms with Gasteiger partial charge in [-0.15, -0.1) is 0 Å². The topological polar surface area (TPSA) is 67.4 Å². The average Bonchev–Trinajstić information content (AvgIpc) is 2.66. The Morgan fingerprint density at radius 3 is 2.73 bits per heavy atom. The molecule has 2 N–H and O–H groups in total. The molecule has 0 bridgehead atoms. The molecule has 1 aliphatic heterocycles. The lowest BCUT2D eigenvalue weighted by molar-refractivity contribution is -0.147. The third-order valence-corrected chi connectivity index (χ3v) is 5.14. The van der Waals surface area contributed by atoms with E-state index in [0.717, 1.165) is 18.7 Å². The van der Waals surface area contributed by atoms with Crippen LogP contribution in [0.5, 0.6) is 0 Å². The van der Waals surface area contributed by atoms with Crippen molar-refractivity contribution in [1.82, 2.24) is 10.6 Å².